The molecule has 0 bridgehead atoms. The van der Waals surface area contributed by atoms with Crippen molar-refractivity contribution < 1.29 is 4.79 Å². The number of halogens is 1. The summed E-state index contributed by atoms with van der Waals surface area (Å²) in [6, 6.07) is 11.1. The summed E-state index contributed by atoms with van der Waals surface area (Å²) in [6.45, 7) is 4.08. The Bertz CT molecular complexity index is 841. The lowest BCUT2D eigenvalue weighted by Gasteiger charge is -2.02. The molecule has 1 aromatic heterocycles. The molecule has 0 atom stereocenters. The van der Waals surface area contributed by atoms with Gasteiger partial charge in [0.1, 0.15) is 0 Å². The Morgan fingerprint density at radius 2 is 2.00 bits per heavy atom. The quantitative estimate of drug-likeness (QED) is 0.736. The number of aryl methyl sites for hydroxylation is 2. The number of benzene rings is 2. The molecular weight excluding hydrogens is 304 g/mol. The molecule has 1 N–H and O–H groups in total. The molecule has 0 fully saturated rings. The molecule has 106 valence electrons. The zero-order chi connectivity index (χ0) is 15.0. The number of carbonyl (C=O) groups is 1. The minimum atomic E-state index is -0.242. The van der Waals surface area contributed by atoms with E-state index in [1.165, 1.54) is 16.9 Å². The molecule has 0 aliphatic heterocycles. The fourth-order valence-corrected chi connectivity index (χ4v) is 3.37. The molecule has 3 aromatic rings. The number of thiazole rings is 1. The fourth-order valence-electron chi connectivity index (χ4n) is 2.24. The monoisotopic (exact) mass is 316 g/mol. The molecular formula is C16H13ClN2OS. The van der Waals surface area contributed by atoms with Crippen molar-refractivity contribution in [3.8, 4) is 0 Å². The molecule has 0 radical (unpaired) electrons. The molecule has 0 aliphatic carbocycles. The molecule has 0 saturated heterocycles. The number of aromatic nitrogens is 1. The third-order valence-electron chi connectivity index (χ3n) is 3.16. The van der Waals surface area contributed by atoms with Gasteiger partial charge in [0.05, 0.1) is 20.8 Å². The first kappa shape index (κ1) is 14.0. The van der Waals surface area contributed by atoms with E-state index in [4.69, 9.17) is 11.6 Å². The van der Waals surface area contributed by atoms with Crippen LogP contribution in [0, 0.1) is 13.8 Å². The number of carbonyl (C=O) groups excluding carboxylic acids is 1. The van der Waals surface area contributed by atoms with Gasteiger partial charge in [0, 0.05) is 0 Å². The van der Waals surface area contributed by atoms with Crippen LogP contribution in [0.1, 0.15) is 21.5 Å². The minimum Gasteiger partial charge on any atom is -0.298 e. The van der Waals surface area contributed by atoms with E-state index in [2.05, 4.69) is 16.4 Å². The molecule has 0 spiro atoms. The minimum absolute atomic E-state index is 0.242. The van der Waals surface area contributed by atoms with Crippen molar-refractivity contribution in [2.24, 2.45) is 0 Å². The summed E-state index contributed by atoms with van der Waals surface area (Å²) in [6.07, 6.45) is 0. The standard InChI is InChI=1S/C16H13ClN2OS/c1-9-7-10(2)14-13(8-9)18-16(21-14)19-15(20)11-5-3-4-6-12(11)17/h3-8H,1-2H3,(H,18,19,20). The first-order valence-corrected chi connectivity index (χ1v) is 7.68. The van der Waals surface area contributed by atoms with Crippen LogP contribution in [0.3, 0.4) is 0 Å². The average Bonchev–Trinajstić information content (AvgIpc) is 2.81. The number of hydrogen-bond acceptors (Lipinski definition) is 3. The number of hydrogen-bond donors (Lipinski definition) is 1. The highest BCUT2D eigenvalue weighted by Gasteiger charge is 2.13. The largest absolute Gasteiger partial charge is 0.298 e. The van der Waals surface area contributed by atoms with E-state index in [1.54, 1.807) is 24.3 Å². The van der Waals surface area contributed by atoms with Gasteiger partial charge in [0.2, 0.25) is 0 Å². The van der Waals surface area contributed by atoms with Crippen LogP contribution in [0.2, 0.25) is 5.02 Å². The molecule has 5 heteroatoms. The summed E-state index contributed by atoms with van der Waals surface area (Å²) in [7, 11) is 0. The molecule has 0 unspecified atom stereocenters. The van der Waals surface area contributed by atoms with Crippen molar-refractivity contribution >= 4 is 44.2 Å². The third kappa shape index (κ3) is 2.77. The van der Waals surface area contributed by atoms with E-state index >= 15 is 0 Å². The number of amides is 1. The maximum Gasteiger partial charge on any atom is 0.258 e. The number of rotatable bonds is 2. The van der Waals surface area contributed by atoms with Gasteiger partial charge in [-0.25, -0.2) is 4.98 Å². The molecule has 0 saturated carbocycles. The van der Waals surface area contributed by atoms with Gasteiger partial charge < -0.3 is 0 Å². The van der Waals surface area contributed by atoms with Crippen LogP contribution in [0.15, 0.2) is 36.4 Å². The van der Waals surface area contributed by atoms with Crippen LogP contribution in [0.5, 0.6) is 0 Å². The van der Waals surface area contributed by atoms with Crippen molar-refractivity contribution in [1.82, 2.24) is 4.98 Å². The summed E-state index contributed by atoms with van der Waals surface area (Å²) in [4.78, 5) is 16.7. The van der Waals surface area contributed by atoms with E-state index in [0.29, 0.717) is 15.7 Å². The molecule has 3 rings (SSSR count). The molecule has 0 aliphatic rings. The predicted octanol–water partition coefficient (Wildman–Crippen LogP) is 4.82. The van der Waals surface area contributed by atoms with Gasteiger partial charge in [0.25, 0.3) is 5.91 Å². The zero-order valence-electron chi connectivity index (χ0n) is 11.6. The summed E-state index contributed by atoms with van der Waals surface area (Å²) >= 11 is 7.51. The van der Waals surface area contributed by atoms with Crippen LogP contribution in [-0.2, 0) is 0 Å². The van der Waals surface area contributed by atoms with Crippen molar-refractivity contribution in [2.45, 2.75) is 13.8 Å². The summed E-state index contributed by atoms with van der Waals surface area (Å²) in [5, 5.41) is 3.84. The average molecular weight is 317 g/mol. The van der Waals surface area contributed by atoms with E-state index in [0.717, 1.165) is 15.8 Å². The number of fused-ring (bicyclic) bond motifs is 1. The maximum absolute atomic E-state index is 12.2. The first-order chi connectivity index (χ1) is 10.0. The van der Waals surface area contributed by atoms with Crippen molar-refractivity contribution in [3.63, 3.8) is 0 Å². The van der Waals surface area contributed by atoms with Gasteiger partial charge in [-0.3, -0.25) is 10.1 Å². The lowest BCUT2D eigenvalue weighted by atomic mass is 10.1. The molecule has 21 heavy (non-hydrogen) atoms. The smallest absolute Gasteiger partial charge is 0.258 e. The van der Waals surface area contributed by atoms with Crippen molar-refractivity contribution in [3.05, 3.63) is 58.1 Å². The fraction of sp³-hybridized carbons (Fsp3) is 0.125. The Morgan fingerprint density at radius 3 is 2.76 bits per heavy atom. The highest BCUT2D eigenvalue weighted by Crippen LogP contribution is 2.30. The number of anilines is 1. The lowest BCUT2D eigenvalue weighted by molar-refractivity contribution is 0.102. The summed E-state index contributed by atoms with van der Waals surface area (Å²) < 4.78 is 1.09. The second-order valence-corrected chi connectivity index (χ2v) is 6.29. The highest BCUT2D eigenvalue weighted by molar-refractivity contribution is 7.22. The molecule has 3 nitrogen and oxygen atoms in total. The summed E-state index contributed by atoms with van der Waals surface area (Å²) in [5.74, 6) is -0.242. The zero-order valence-corrected chi connectivity index (χ0v) is 13.2. The van der Waals surface area contributed by atoms with Crippen LogP contribution in [0.4, 0.5) is 5.13 Å². The molecule has 2 aromatic carbocycles. The Kier molecular flexibility index (Phi) is 3.66. The van der Waals surface area contributed by atoms with E-state index in [9.17, 15) is 4.79 Å². The Labute approximate surface area is 131 Å². The lowest BCUT2D eigenvalue weighted by Crippen LogP contribution is -2.11. The van der Waals surface area contributed by atoms with Gasteiger partial charge in [0.15, 0.2) is 5.13 Å². The van der Waals surface area contributed by atoms with Gasteiger partial charge in [-0.2, -0.15) is 0 Å². The van der Waals surface area contributed by atoms with Crippen molar-refractivity contribution in [1.29, 1.82) is 0 Å². The SMILES string of the molecule is Cc1cc(C)c2sc(NC(=O)c3ccccc3Cl)nc2c1. The van der Waals surface area contributed by atoms with Crippen molar-refractivity contribution in [2.75, 3.05) is 5.32 Å². The maximum atomic E-state index is 12.2. The molecule has 1 amide bonds. The number of nitrogens with one attached hydrogen (secondary N) is 1. The second kappa shape index (κ2) is 5.47. The van der Waals surface area contributed by atoms with Gasteiger partial charge in [-0.15, -0.1) is 0 Å². The van der Waals surface area contributed by atoms with E-state index in [-0.39, 0.29) is 5.91 Å². The van der Waals surface area contributed by atoms with Crippen LogP contribution in [-0.4, -0.2) is 10.9 Å². The number of nitrogens with zero attached hydrogens (tertiary/aromatic N) is 1. The Hall–Kier alpha value is -1.91. The van der Waals surface area contributed by atoms with Gasteiger partial charge in [-0.1, -0.05) is 41.1 Å². The van der Waals surface area contributed by atoms with Crippen LogP contribution in [0.25, 0.3) is 10.2 Å². The third-order valence-corrected chi connectivity index (χ3v) is 4.61. The normalized spacial score (nSPS) is 10.8. The van der Waals surface area contributed by atoms with Gasteiger partial charge in [-0.05, 0) is 43.2 Å². The summed E-state index contributed by atoms with van der Waals surface area (Å²) in [5.41, 5.74) is 3.69. The second-order valence-electron chi connectivity index (χ2n) is 4.88. The van der Waals surface area contributed by atoms with Crippen LogP contribution < -0.4 is 5.32 Å². The first-order valence-electron chi connectivity index (χ1n) is 6.48. The highest BCUT2D eigenvalue weighted by atomic mass is 35.5. The topological polar surface area (TPSA) is 42.0 Å². The Morgan fingerprint density at radius 1 is 1.24 bits per heavy atom. The predicted molar refractivity (Wildman–Crippen MR) is 88.5 cm³/mol. The molecule has 1 heterocycles. The van der Waals surface area contributed by atoms with E-state index < -0.39 is 0 Å². The van der Waals surface area contributed by atoms with Crippen LogP contribution >= 0.6 is 22.9 Å². The Balaban J connectivity index is 1.94. The van der Waals surface area contributed by atoms with E-state index in [1.807, 2.05) is 19.9 Å². The van der Waals surface area contributed by atoms with Gasteiger partial charge >= 0.3 is 0 Å².